The summed E-state index contributed by atoms with van der Waals surface area (Å²) in [5, 5.41) is 10.4. The summed E-state index contributed by atoms with van der Waals surface area (Å²) in [7, 11) is 7.91. The Labute approximate surface area is 110 Å². The Balaban J connectivity index is 2.34. The minimum atomic E-state index is -0.722. The maximum atomic E-state index is 12.0. The summed E-state index contributed by atoms with van der Waals surface area (Å²) in [5.41, 5.74) is -0.722. The minimum absolute atomic E-state index is 0.173. The van der Waals surface area contributed by atoms with Crippen molar-refractivity contribution in [2.24, 2.45) is 0 Å². The van der Waals surface area contributed by atoms with Gasteiger partial charge in [-0.3, -0.25) is 4.79 Å². The molecule has 0 saturated carbocycles. The first-order chi connectivity index (χ1) is 8.32. The van der Waals surface area contributed by atoms with Gasteiger partial charge >= 0.3 is 0 Å². The molecule has 0 spiro atoms. The van der Waals surface area contributed by atoms with E-state index in [0.717, 1.165) is 13.0 Å². The Morgan fingerprint density at radius 1 is 1.28 bits per heavy atom. The quantitative estimate of drug-likeness (QED) is 0.719. The summed E-state index contributed by atoms with van der Waals surface area (Å²) in [4.78, 5) is 17.8. The van der Waals surface area contributed by atoms with Crippen molar-refractivity contribution in [2.45, 2.75) is 24.9 Å². The number of carbonyl (C=O) groups is 1. The molecule has 0 aromatic carbocycles. The number of rotatable bonds is 6. The lowest BCUT2D eigenvalue weighted by atomic mass is 10.0. The molecule has 0 aliphatic carbocycles. The van der Waals surface area contributed by atoms with Crippen LogP contribution in [-0.4, -0.2) is 85.7 Å². The van der Waals surface area contributed by atoms with Gasteiger partial charge in [0, 0.05) is 19.5 Å². The Hall–Kier alpha value is -0.650. The number of carbonyl (C=O) groups excluding carboxylic acids is 1. The SMILES string of the molecule is CN(C)CCCC(=O)N1CC[C@](O)(CN(C)C)C1. The minimum Gasteiger partial charge on any atom is -0.387 e. The fourth-order valence-electron chi connectivity index (χ4n) is 2.49. The zero-order valence-corrected chi connectivity index (χ0v) is 12.1. The third-order valence-electron chi connectivity index (χ3n) is 3.29. The van der Waals surface area contributed by atoms with Gasteiger partial charge in [0.1, 0.15) is 0 Å². The van der Waals surface area contributed by atoms with Crippen molar-refractivity contribution in [1.82, 2.24) is 14.7 Å². The first-order valence-corrected chi connectivity index (χ1v) is 6.62. The fraction of sp³-hybridized carbons (Fsp3) is 0.923. The molecule has 1 saturated heterocycles. The summed E-state index contributed by atoms with van der Waals surface area (Å²) in [6.07, 6.45) is 2.15. The van der Waals surface area contributed by atoms with E-state index in [9.17, 15) is 9.90 Å². The second-order valence-corrected chi connectivity index (χ2v) is 5.93. The average Bonchev–Trinajstić information content (AvgIpc) is 2.58. The number of hydrogen-bond donors (Lipinski definition) is 1. The Kier molecular flexibility index (Phi) is 5.56. The lowest BCUT2D eigenvalue weighted by molar-refractivity contribution is -0.131. The topological polar surface area (TPSA) is 47.0 Å². The number of aliphatic hydroxyl groups is 1. The summed E-state index contributed by atoms with van der Waals surface area (Å²) in [6.45, 7) is 2.72. The molecule has 18 heavy (non-hydrogen) atoms. The zero-order chi connectivity index (χ0) is 13.8. The van der Waals surface area contributed by atoms with Crippen molar-refractivity contribution in [2.75, 3.05) is 54.4 Å². The van der Waals surface area contributed by atoms with E-state index in [0.29, 0.717) is 32.5 Å². The molecule has 0 bridgehead atoms. The van der Waals surface area contributed by atoms with Crippen LogP contribution in [0.25, 0.3) is 0 Å². The van der Waals surface area contributed by atoms with Crippen LogP contribution in [0.3, 0.4) is 0 Å². The molecule has 1 fully saturated rings. The molecule has 1 aliphatic rings. The molecule has 1 heterocycles. The number of nitrogens with zero attached hydrogens (tertiary/aromatic N) is 3. The van der Waals surface area contributed by atoms with Crippen molar-refractivity contribution in [3.8, 4) is 0 Å². The molecular formula is C13H27N3O2. The van der Waals surface area contributed by atoms with E-state index in [2.05, 4.69) is 4.90 Å². The molecule has 0 aromatic heterocycles. The van der Waals surface area contributed by atoms with Gasteiger partial charge in [-0.1, -0.05) is 0 Å². The van der Waals surface area contributed by atoms with Crippen LogP contribution < -0.4 is 0 Å². The van der Waals surface area contributed by atoms with E-state index in [1.165, 1.54) is 0 Å². The lowest BCUT2D eigenvalue weighted by Crippen LogP contribution is -2.43. The second-order valence-electron chi connectivity index (χ2n) is 5.93. The summed E-state index contributed by atoms with van der Waals surface area (Å²) in [6, 6.07) is 0. The maximum Gasteiger partial charge on any atom is 0.222 e. The van der Waals surface area contributed by atoms with Gasteiger partial charge < -0.3 is 19.8 Å². The summed E-state index contributed by atoms with van der Waals surface area (Å²) in [5.74, 6) is 0.173. The molecule has 5 nitrogen and oxygen atoms in total. The maximum absolute atomic E-state index is 12.0. The fourth-order valence-corrected chi connectivity index (χ4v) is 2.49. The van der Waals surface area contributed by atoms with Crippen LogP contribution in [0.4, 0.5) is 0 Å². The standard InChI is InChI=1S/C13H27N3O2/c1-14(2)8-5-6-12(17)16-9-7-13(18,11-16)10-15(3)4/h18H,5-11H2,1-4H3/t13-/m0/s1. The third-order valence-corrected chi connectivity index (χ3v) is 3.29. The van der Waals surface area contributed by atoms with Crippen molar-refractivity contribution in [1.29, 1.82) is 0 Å². The first-order valence-electron chi connectivity index (χ1n) is 6.62. The molecule has 1 amide bonds. The summed E-state index contributed by atoms with van der Waals surface area (Å²) < 4.78 is 0. The largest absolute Gasteiger partial charge is 0.387 e. The Bertz CT molecular complexity index is 281. The van der Waals surface area contributed by atoms with Gasteiger partial charge in [-0.2, -0.15) is 0 Å². The molecule has 106 valence electrons. The van der Waals surface area contributed by atoms with Gasteiger partial charge in [-0.05, 0) is 47.6 Å². The number of β-amino-alcohol motifs (C(OH)–C–C–N with tert-alkyl or cyclic N) is 1. The number of likely N-dealkylation sites (tertiary alicyclic amines) is 1. The molecule has 0 aromatic rings. The second kappa shape index (κ2) is 6.50. The Morgan fingerprint density at radius 3 is 2.50 bits per heavy atom. The van der Waals surface area contributed by atoms with Crippen LogP contribution in [0, 0.1) is 0 Å². The Morgan fingerprint density at radius 2 is 1.94 bits per heavy atom. The predicted octanol–water partition coefficient (Wildman–Crippen LogP) is -0.147. The highest BCUT2D eigenvalue weighted by Gasteiger charge is 2.38. The van der Waals surface area contributed by atoms with Gasteiger partial charge in [0.05, 0.1) is 12.1 Å². The van der Waals surface area contributed by atoms with Gasteiger partial charge in [0.15, 0.2) is 0 Å². The summed E-state index contributed by atoms with van der Waals surface area (Å²) >= 11 is 0. The van der Waals surface area contributed by atoms with E-state index < -0.39 is 5.60 Å². The van der Waals surface area contributed by atoms with Crippen LogP contribution in [-0.2, 0) is 4.79 Å². The van der Waals surface area contributed by atoms with E-state index in [1.54, 1.807) is 4.90 Å². The molecule has 1 atom stereocenters. The van der Waals surface area contributed by atoms with E-state index >= 15 is 0 Å². The number of hydrogen-bond acceptors (Lipinski definition) is 4. The van der Waals surface area contributed by atoms with Crippen molar-refractivity contribution >= 4 is 5.91 Å². The average molecular weight is 257 g/mol. The molecular weight excluding hydrogens is 230 g/mol. The van der Waals surface area contributed by atoms with E-state index in [-0.39, 0.29) is 5.91 Å². The molecule has 1 N–H and O–H groups in total. The van der Waals surface area contributed by atoms with Gasteiger partial charge in [-0.25, -0.2) is 0 Å². The lowest BCUT2D eigenvalue weighted by Gasteiger charge is -2.26. The number of amides is 1. The predicted molar refractivity (Wildman–Crippen MR) is 72.5 cm³/mol. The van der Waals surface area contributed by atoms with Gasteiger partial charge in [0.25, 0.3) is 0 Å². The van der Waals surface area contributed by atoms with E-state index in [4.69, 9.17) is 0 Å². The van der Waals surface area contributed by atoms with Crippen molar-refractivity contribution in [3.05, 3.63) is 0 Å². The van der Waals surface area contributed by atoms with Crippen LogP contribution >= 0.6 is 0 Å². The van der Waals surface area contributed by atoms with Gasteiger partial charge in [0.2, 0.25) is 5.91 Å². The molecule has 1 aliphatic heterocycles. The van der Waals surface area contributed by atoms with Crippen LogP contribution in [0.15, 0.2) is 0 Å². The monoisotopic (exact) mass is 257 g/mol. The highest BCUT2D eigenvalue weighted by Crippen LogP contribution is 2.22. The van der Waals surface area contributed by atoms with Crippen molar-refractivity contribution in [3.63, 3.8) is 0 Å². The smallest absolute Gasteiger partial charge is 0.222 e. The van der Waals surface area contributed by atoms with E-state index in [1.807, 2.05) is 33.1 Å². The number of likely N-dealkylation sites (N-methyl/N-ethyl adjacent to an activating group) is 1. The molecule has 0 unspecified atom stereocenters. The van der Waals surface area contributed by atoms with Gasteiger partial charge in [-0.15, -0.1) is 0 Å². The molecule has 5 heteroatoms. The van der Waals surface area contributed by atoms with Crippen LogP contribution in [0.5, 0.6) is 0 Å². The zero-order valence-electron chi connectivity index (χ0n) is 12.1. The molecule has 1 rings (SSSR count). The normalized spacial score (nSPS) is 24.3. The third kappa shape index (κ3) is 4.92. The first kappa shape index (κ1) is 15.4. The highest BCUT2D eigenvalue weighted by atomic mass is 16.3. The van der Waals surface area contributed by atoms with Crippen molar-refractivity contribution < 1.29 is 9.90 Å². The highest BCUT2D eigenvalue weighted by molar-refractivity contribution is 5.76. The molecule has 0 radical (unpaired) electrons. The van der Waals surface area contributed by atoms with Crippen LogP contribution in [0.2, 0.25) is 0 Å². The van der Waals surface area contributed by atoms with Crippen LogP contribution in [0.1, 0.15) is 19.3 Å².